The molecular formula is C10H15FN2O2. The van der Waals surface area contributed by atoms with E-state index in [1.165, 1.54) is 4.90 Å². The van der Waals surface area contributed by atoms with Crippen molar-refractivity contribution in [3.63, 3.8) is 0 Å². The van der Waals surface area contributed by atoms with Crippen LogP contribution in [0.25, 0.3) is 0 Å². The van der Waals surface area contributed by atoms with Crippen molar-refractivity contribution in [3.05, 3.63) is 0 Å². The lowest BCUT2D eigenvalue weighted by Gasteiger charge is -2.23. The van der Waals surface area contributed by atoms with Crippen LogP contribution in [-0.2, 0) is 4.74 Å². The van der Waals surface area contributed by atoms with Crippen LogP contribution in [0.1, 0.15) is 20.8 Å². The molecule has 1 fully saturated rings. The summed E-state index contributed by atoms with van der Waals surface area (Å²) in [5, 5.41) is 8.60. The molecule has 1 heterocycles. The summed E-state index contributed by atoms with van der Waals surface area (Å²) < 4.78 is 18.2. The van der Waals surface area contributed by atoms with E-state index in [0.717, 1.165) is 0 Å². The first-order valence-electron chi connectivity index (χ1n) is 4.85. The van der Waals surface area contributed by atoms with Gasteiger partial charge in [-0.2, -0.15) is 5.26 Å². The Labute approximate surface area is 88.6 Å². The third kappa shape index (κ3) is 3.08. The molecule has 0 bridgehead atoms. The maximum atomic E-state index is 13.2. The van der Waals surface area contributed by atoms with Crippen molar-refractivity contribution in [1.82, 2.24) is 4.90 Å². The first-order valence-corrected chi connectivity index (χ1v) is 4.85. The van der Waals surface area contributed by atoms with E-state index in [-0.39, 0.29) is 13.1 Å². The molecule has 0 N–H and O–H groups in total. The number of ether oxygens (including phenoxy) is 1. The van der Waals surface area contributed by atoms with E-state index in [1.54, 1.807) is 20.8 Å². The topological polar surface area (TPSA) is 53.3 Å². The highest BCUT2D eigenvalue weighted by Gasteiger charge is 2.37. The van der Waals surface area contributed by atoms with Crippen molar-refractivity contribution >= 4 is 6.09 Å². The second-order valence-electron chi connectivity index (χ2n) is 4.64. The van der Waals surface area contributed by atoms with Gasteiger partial charge in [-0.3, -0.25) is 0 Å². The number of hydrogen-bond donors (Lipinski definition) is 0. The van der Waals surface area contributed by atoms with Gasteiger partial charge in [0.2, 0.25) is 0 Å². The molecule has 1 saturated heterocycles. The number of amides is 1. The second-order valence-corrected chi connectivity index (χ2v) is 4.64. The quantitative estimate of drug-likeness (QED) is 0.617. The van der Waals surface area contributed by atoms with Crippen molar-refractivity contribution in [2.75, 3.05) is 13.1 Å². The standard InChI is InChI=1S/C10H15FN2O2/c1-10(2,3)15-9(14)13-5-7(4-12)8(11)6-13/h7-8H,5-6H2,1-3H3/t7-,8+/m0/s1. The minimum Gasteiger partial charge on any atom is -0.444 e. The van der Waals surface area contributed by atoms with Gasteiger partial charge in [-0.15, -0.1) is 0 Å². The average molecular weight is 214 g/mol. The molecule has 1 aliphatic heterocycles. The molecule has 0 aromatic heterocycles. The molecule has 4 nitrogen and oxygen atoms in total. The molecule has 2 atom stereocenters. The van der Waals surface area contributed by atoms with Gasteiger partial charge in [-0.1, -0.05) is 0 Å². The third-order valence-corrected chi connectivity index (χ3v) is 2.07. The molecule has 0 radical (unpaired) electrons. The van der Waals surface area contributed by atoms with Gasteiger partial charge in [0.15, 0.2) is 0 Å². The lowest BCUT2D eigenvalue weighted by atomic mass is 10.1. The normalized spacial score (nSPS) is 26.2. The second kappa shape index (κ2) is 4.05. The summed E-state index contributed by atoms with van der Waals surface area (Å²) in [5.74, 6) is -0.725. The maximum Gasteiger partial charge on any atom is 0.410 e. The highest BCUT2D eigenvalue weighted by molar-refractivity contribution is 5.68. The number of hydrogen-bond acceptors (Lipinski definition) is 3. The van der Waals surface area contributed by atoms with Crippen molar-refractivity contribution < 1.29 is 13.9 Å². The van der Waals surface area contributed by atoms with E-state index < -0.39 is 23.8 Å². The third-order valence-electron chi connectivity index (χ3n) is 2.07. The van der Waals surface area contributed by atoms with Crippen LogP contribution < -0.4 is 0 Å². The summed E-state index contributed by atoms with van der Waals surface area (Å²) in [6, 6.07) is 1.84. The van der Waals surface area contributed by atoms with Crippen molar-refractivity contribution in [2.24, 2.45) is 5.92 Å². The van der Waals surface area contributed by atoms with Crippen LogP contribution in [-0.4, -0.2) is 35.9 Å². The summed E-state index contributed by atoms with van der Waals surface area (Å²) in [5.41, 5.74) is -0.590. The Bertz CT molecular complexity index is 293. The minimum absolute atomic E-state index is 0.0485. The van der Waals surface area contributed by atoms with Crippen LogP contribution in [0.5, 0.6) is 0 Å². The molecule has 1 amide bonds. The number of alkyl halides is 1. The molecule has 0 aromatic carbocycles. The van der Waals surface area contributed by atoms with Crippen LogP contribution in [0.15, 0.2) is 0 Å². The van der Waals surface area contributed by atoms with Crippen molar-refractivity contribution in [2.45, 2.75) is 32.5 Å². The van der Waals surface area contributed by atoms with Gasteiger partial charge in [0, 0.05) is 6.54 Å². The van der Waals surface area contributed by atoms with Gasteiger partial charge < -0.3 is 9.64 Å². The van der Waals surface area contributed by atoms with E-state index in [2.05, 4.69) is 0 Å². The summed E-state index contributed by atoms with van der Waals surface area (Å²) in [6.07, 6.45) is -1.81. The number of halogens is 1. The molecule has 84 valence electrons. The Hall–Kier alpha value is -1.31. The predicted molar refractivity (Wildman–Crippen MR) is 51.8 cm³/mol. The summed E-state index contributed by atoms with van der Waals surface area (Å²) in [6.45, 7) is 5.31. The summed E-state index contributed by atoms with van der Waals surface area (Å²) in [7, 11) is 0. The molecule has 0 saturated carbocycles. The molecule has 1 aliphatic rings. The lowest BCUT2D eigenvalue weighted by molar-refractivity contribution is 0.0282. The van der Waals surface area contributed by atoms with Crippen LogP contribution in [0.4, 0.5) is 9.18 Å². The lowest BCUT2D eigenvalue weighted by Crippen LogP contribution is -2.35. The molecule has 1 rings (SSSR count). The molecule has 0 aliphatic carbocycles. The average Bonchev–Trinajstić information content (AvgIpc) is 2.43. The van der Waals surface area contributed by atoms with Crippen molar-refractivity contribution in [1.29, 1.82) is 5.26 Å². The number of nitrogens with zero attached hydrogens (tertiary/aromatic N) is 2. The van der Waals surface area contributed by atoms with Gasteiger partial charge >= 0.3 is 6.09 Å². The molecule has 0 aromatic rings. The fraction of sp³-hybridized carbons (Fsp3) is 0.800. The SMILES string of the molecule is CC(C)(C)OC(=O)N1C[C@@H](F)[C@@H](C#N)C1. The van der Waals surface area contributed by atoms with E-state index in [4.69, 9.17) is 10.00 Å². The van der Waals surface area contributed by atoms with E-state index in [9.17, 15) is 9.18 Å². The van der Waals surface area contributed by atoms with Crippen LogP contribution in [0, 0.1) is 17.2 Å². The molecule has 0 spiro atoms. The molecule has 15 heavy (non-hydrogen) atoms. The molecular weight excluding hydrogens is 199 g/mol. The zero-order chi connectivity index (χ0) is 11.6. The number of carbonyl (C=O) groups is 1. The first kappa shape index (κ1) is 11.8. The Kier molecular flexibility index (Phi) is 3.18. The highest BCUT2D eigenvalue weighted by Crippen LogP contribution is 2.21. The van der Waals surface area contributed by atoms with Gasteiger partial charge in [-0.05, 0) is 20.8 Å². The zero-order valence-corrected chi connectivity index (χ0v) is 9.16. The van der Waals surface area contributed by atoms with E-state index in [0.29, 0.717) is 0 Å². The van der Waals surface area contributed by atoms with Gasteiger partial charge in [0.25, 0.3) is 0 Å². The number of likely N-dealkylation sites (tertiary alicyclic amines) is 1. The van der Waals surface area contributed by atoms with Crippen LogP contribution >= 0.6 is 0 Å². The Morgan fingerprint density at radius 1 is 1.53 bits per heavy atom. The monoisotopic (exact) mass is 214 g/mol. The molecule has 0 unspecified atom stereocenters. The largest absolute Gasteiger partial charge is 0.444 e. The van der Waals surface area contributed by atoms with Crippen molar-refractivity contribution in [3.8, 4) is 6.07 Å². The van der Waals surface area contributed by atoms with Crippen LogP contribution in [0.3, 0.4) is 0 Å². The Morgan fingerprint density at radius 2 is 2.13 bits per heavy atom. The van der Waals surface area contributed by atoms with E-state index >= 15 is 0 Å². The zero-order valence-electron chi connectivity index (χ0n) is 9.16. The van der Waals surface area contributed by atoms with Crippen LogP contribution in [0.2, 0.25) is 0 Å². The number of nitriles is 1. The number of carbonyl (C=O) groups excluding carboxylic acids is 1. The highest BCUT2D eigenvalue weighted by atomic mass is 19.1. The molecule has 5 heteroatoms. The maximum absolute atomic E-state index is 13.2. The number of rotatable bonds is 0. The summed E-state index contributed by atoms with van der Waals surface area (Å²) in [4.78, 5) is 12.7. The Balaban J connectivity index is 2.54. The predicted octanol–water partition coefficient (Wildman–Crippen LogP) is 1.71. The van der Waals surface area contributed by atoms with Gasteiger partial charge in [0.05, 0.1) is 18.5 Å². The summed E-state index contributed by atoms with van der Waals surface area (Å²) >= 11 is 0. The van der Waals surface area contributed by atoms with Gasteiger partial charge in [-0.25, -0.2) is 9.18 Å². The fourth-order valence-corrected chi connectivity index (χ4v) is 1.36. The minimum atomic E-state index is -1.26. The first-order chi connectivity index (χ1) is 6.83. The van der Waals surface area contributed by atoms with Gasteiger partial charge in [0.1, 0.15) is 11.8 Å². The smallest absolute Gasteiger partial charge is 0.410 e. The Morgan fingerprint density at radius 3 is 2.53 bits per heavy atom. The van der Waals surface area contributed by atoms with E-state index in [1.807, 2.05) is 6.07 Å². The fourth-order valence-electron chi connectivity index (χ4n) is 1.36.